The molecule has 0 fully saturated rings. The molecule has 1 heterocycles. The van der Waals surface area contributed by atoms with Crippen molar-refractivity contribution >= 4 is 17.9 Å². The highest BCUT2D eigenvalue weighted by Crippen LogP contribution is 2.22. The topological polar surface area (TPSA) is 77.2 Å². The van der Waals surface area contributed by atoms with Crippen molar-refractivity contribution < 1.29 is 13.9 Å². The quantitative estimate of drug-likeness (QED) is 0.795. The second-order valence-electron chi connectivity index (χ2n) is 6.23. The lowest BCUT2D eigenvalue weighted by Crippen LogP contribution is -2.36. The Morgan fingerprint density at radius 2 is 2.00 bits per heavy atom. The third-order valence-electron chi connectivity index (χ3n) is 2.96. The number of hydrogen-bond acceptors (Lipinski definition) is 6. The molecule has 1 atom stereocenters. The normalized spacial score (nSPS) is 12.7. The first-order valence-corrected chi connectivity index (χ1v) is 8.85. The lowest BCUT2D eigenvalue weighted by Gasteiger charge is -2.22. The smallest absolute Gasteiger partial charge is 0.408 e. The minimum Gasteiger partial charge on any atom is -0.444 e. The van der Waals surface area contributed by atoms with Crippen molar-refractivity contribution in [2.45, 2.75) is 51.0 Å². The van der Waals surface area contributed by atoms with Gasteiger partial charge in [0.25, 0.3) is 5.22 Å². The molecule has 130 valence electrons. The van der Waals surface area contributed by atoms with Gasteiger partial charge in [0.1, 0.15) is 11.6 Å². The Hall–Kier alpha value is -2.02. The van der Waals surface area contributed by atoms with Gasteiger partial charge < -0.3 is 14.5 Å². The van der Waals surface area contributed by atoms with Crippen LogP contribution in [0.25, 0.3) is 0 Å². The number of benzene rings is 1. The predicted octanol–water partition coefficient (Wildman–Crippen LogP) is 3.99. The minimum atomic E-state index is -0.570. The van der Waals surface area contributed by atoms with Crippen molar-refractivity contribution in [1.29, 1.82) is 0 Å². The molecule has 1 aromatic heterocycles. The largest absolute Gasteiger partial charge is 0.444 e. The summed E-state index contributed by atoms with van der Waals surface area (Å²) >= 11 is 1.46. The third kappa shape index (κ3) is 5.88. The van der Waals surface area contributed by atoms with E-state index in [2.05, 4.69) is 15.5 Å². The van der Waals surface area contributed by atoms with Crippen LogP contribution in [0, 0.1) is 0 Å². The summed E-state index contributed by atoms with van der Waals surface area (Å²) in [5.74, 6) is 1.21. The number of ether oxygens (including phenoxy) is 1. The Morgan fingerprint density at radius 1 is 1.29 bits per heavy atom. The highest BCUT2D eigenvalue weighted by atomic mass is 32.2. The van der Waals surface area contributed by atoms with Crippen molar-refractivity contribution in [3.63, 3.8) is 0 Å². The van der Waals surface area contributed by atoms with Gasteiger partial charge in [-0.2, -0.15) is 0 Å². The molecule has 24 heavy (non-hydrogen) atoms. The van der Waals surface area contributed by atoms with Gasteiger partial charge in [-0.1, -0.05) is 49.0 Å². The van der Waals surface area contributed by atoms with Gasteiger partial charge in [0.15, 0.2) is 0 Å². The monoisotopic (exact) mass is 349 g/mol. The number of nitrogens with zero attached hydrogens (tertiary/aromatic N) is 2. The maximum atomic E-state index is 12.1. The zero-order valence-electron chi connectivity index (χ0n) is 14.4. The molecule has 0 radical (unpaired) electrons. The molecule has 0 saturated heterocycles. The maximum Gasteiger partial charge on any atom is 0.408 e. The molecular weight excluding hydrogens is 326 g/mol. The first-order chi connectivity index (χ1) is 11.4. The second-order valence-corrected chi connectivity index (χ2v) is 7.44. The van der Waals surface area contributed by atoms with Gasteiger partial charge >= 0.3 is 6.09 Å². The molecule has 1 amide bonds. The Labute approximate surface area is 146 Å². The molecule has 2 rings (SSSR count). The number of hydrogen-bond donors (Lipinski definition) is 1. The van der Waals surface area contributed by atoms with Crippen molar-refractivity contribution in [1.82, 2.24) is 15.5 Å². The molecule has 2 aromatic rings. The van der Waals surface area contributed by atoms with Crippen LogP contribution in [0.5, 0.6) is 0 Å². The summed E-state index contributed by atoms with van der Waals surface area (Å²) in [5.41, 5.74) is 0.487. The second kappa shape index (κ2) is 8.19. The summed E-state index contributed by atoms with van der Waals surface area (Å²) in [5, 5.41) is 11.4. The Balaban J connectivity index is 2.15. The molecule has 0 aliphatic rings. The van der Waals surface area contributed by atoms with Crippen LogP contribution < -0.4 is 5.32 Å². The number of carbonyl (C=O) groups excluding carboxylic acids is 1. The number of alkyl carbamates (subject to hydrolysis) is 1. The summed E-state index contributed by atoms with van der Waals surface area (Å²) in [6.45, 7) is 7.47. The van der Waals surface area contributed by atoms with E-state index >= 15 is 0 Å². The Bertz CT molecular complexity index is 653. The summed E-state index contributed by atoms with van der Waals surface area (Å²) in [6.07, 6.45) is 0.0322. The van der Waals surface area contributed by atoms with Gasteiger partial charge in [-0.3, -0.25) is 0 Å². The predicted molar refractivity (Wildman–Crippen MR) is 93.0 cm³/mol. The van der Waals surface area contributed by atoms with E-state index in [9.17, 15) is 4.79 Å². The summed E-state index contributed by atoms with van der Waals surface area (Å²) in [7, 11) is 0. The van der Waals surface area contributed by atoms with Crippen molar-refractivity contribution in [2.24, 2.45) is 0 Å². The van der Waals surface area contributed by atoms with E-state index in [4.69, 9.17) is 9.15 Å². The fourth-order valence-electron chi connectivity index (χ4n) is 2.04. The molecule has 0 saturated carbocycles. The third-order valence-corrected chi connectivity index (χ3v) is 3.66. The number of amides is 1. The summed E-state index contributed by atoms with van der Waals surface area (Å²) in [4.78, 5) is 12.1. The molecule has 0 unspecified atom stereocenters. The molecule has 0 spiro atoms. The average molecular weight is 349 g/mol. The first-order valence-electron chi connectivity index (χ1n) is 7.87. The molecular formula is C17H23N3O3S. The van der Waals surface area contributed by atoms with Crippen LogP contribution in [0.2, 0.25) is 0 Å². The van der Waals surface area contributed by atoms with Gasteiger partial charge in [0.2, 0.25) is 5.89 Å². The fourth-order valence-corrected chi connectivity index (χ4v) is 2.53. The number of carbonyl (C=O) groups is 1. The highest BCUT2D eigenvalue weighted by molar-refractivity contribution is 7.99. The van der Waals surface area contributed by atoms with Crippen molar-refractivity contribution in [2.75, 3.05) is 5.75 Å². The molecule has 1 N–H and O–H groups in total. The van der Waals surface area contributed by atoms with Gasteiger partial charge in [0.05, 0.1) is 0 Å². The maximum absolute atomic E-state index is 12.1. The van der Waals surface area contributed by atoms with Gasteiger partial charge in [0, 0.05) is 6.42 Å². The van der Waals surface area contributed by atoms with Crippen LogP contribution in [-0.4, -0.2) is 27.6 Å². The first kappa shape index (κ1) is 18.3. The summed E-state index contributed by atoms with van der Waals surface area (Å²) in [6, 6.07) is 9.38. The van der Waals surface area contributed by atoms with Crippen LogP contribution in [0.4, 0.5) is 4.79 Å². The SMILES string of the molecule is CCSc1nnc([C@@H](Cc2ccccc2)NC(=O)OC(C)(C)C)o1. The van der Waals surface area contributed by atoms with E-state index in [0.717, 1.165) is 11.3 Å². The Kier molecular flexibility index (Phi) is 6.25. The van der Waals surface area contributed by atoms with Crippen LogP contribution in [0.1, 0.15) is 45.2 Å². The molecule has 0 bridgehead atoms. The van der Waals surface area contributed by atoms with E-state index in [1.807, 2.05) is 58.0 Å². The zero-order valence-corrected chi connectivity index (χ0v) is 15.2. The summed E-state index contributed by atoms with van der Waals surface area (Å²) < 4.78 is 11.0. The standard InChI is InChI=1S/C17H23N3O3S/c1-5-24-16-20-19-14(22-16)13(11-12-9-7-6-8-10-12)18-15(21)23-17(2,3)4/h6-10,13H,5,11H2,1-4H3,(H,18,21)/t13-/m1/s1. The van der Waals surface area contributed by atoms with Crippen molar-refractivity contribution in [3.8, 4) is 0 Å². The van der Waals surface area contributed by atoms with E-state index in [0.29, 0.717) is 17.5 Å². The van der Waals surface area contributed by atoms with Crippen LogP contribution in [-0.2, 0) is 11.2 Å². The fraction of sp³-hybridized carbons (Fsp3) is 0.471. The molecule has 0 aliphatic heterocycles. The average Bonchev–Trinajstić information content (AvgIpc) is 2.95. The molecule has 0 aliphatic carbocycles. The molecule has 1 aromatic carbocycles. The lowest BCUT2D eigenvalue weighted by atomic mass is 10.1. The van der Waals surface area contributed by atoms with Gasteiger partial charge in [-0.25, -0.2) is 4.79 Å². The molecule has 7 heteroatoms. The number of nitrogens with one attached hydrogen (secondary N) is 1. The zero-order chi connectivity index (χ0) is 17.6. The van der Waals surface area contributed by atoms with Crippen LogP contribution in [0.15, 0.2) is 40.0 Å². The number of thioether (sulfide) groups is 1. The van der Waals surface area contributed by atoms with E-state index in [-0.39, 0.29) is 0 Å². The van der Waals surface area contributed by atoms with Gasteiger partial charge in [-0.15, -0.1) is 10.2 Å². The van der Waals surface area contributed by atoms with E-state index < -0.39 is 17.7 Å². The number of rotatable bonds is 6. The van der Waals surface area contributed by atoms with E-state index in [1.54, 1.807) is 0 Å². The Morgan fingerprint density at radius 3 is 2.62 bits per heavy atom. The molecule has 6 nitrogen and oxygen atoms in total. The van der Waals surface area contributed by atoms with Gasteiger partial charge in [-0.05, 0) is 32.1 Å². The minimum absolute atomic E-state index is 0.376. The number of aromatic nitrogens is 2. The van der Waals surface area contributed by atoms with Crippen LogP contribution >= 0.6 is 11.8 Å². The van der Waals surface area contributed by atoms with E-state index in [1.165, 1.54) is 11.8 Å². The van der Waals surface area contributed by atoms with Crippen molar-refractivity contribution in [3.05, 3.63) is 41.8 Å². The van der Waals surface area contributed by atoms with Crippen LogP contribution in [0.3, 0.4) is 0 Å². The lowest BCUT2D eigenvalue weighted by molar-refractivity contribution is 0.0494. The highest BCUT2D eigenvalue weighted by Gasteiger charge is 2.24.